The summed E-state index contributed by atoms with van der Waals surface area (Å²) in [5.74, 6) is 0. The highest BCUT2D eigenvalue weighted by molar-refractivity contribution is 14.1. The minimum atomic E-state index is -5.07. The summed E-state index contributed by atoms with van der Waals surface area (Å²) in [5, 5.41) is 0. The summed E-state index contributed by atoms with van der Waals surface area (Å²) in [4.78, 5) is 13.2. The molecule has 2 aromatic carbocycles. The molecule has 0 bridgehead atoms. The van der Waals surface area contributed by atoms with Crippen LogP contribution in [0.2, 0.25) is 0 Å². The Morgan fingerprint density at radius 2 is 1.36 bits per heavy atom. The SMILES string of the molecule is C[C@@H]1[C@@H](c2cc(C(F)(F)F)ccc2I)OC(=O)N1Cc1cc(C(F)(F)F)cc(C(F)(F)F)c1. The highest BCUT2D eigenvalue weighted by Gasteiger charge is 2.43. The number of hydrogen-bond donors (Lipinski definition) is 0. The van der Waals surface area contributed by atoms with E-state index in [0.29, 0.717) is 15.7 Å². The molecule has 1 saturated heterocycles. The first-order valence-corrected chi connectivity index (χ1v) is 10.2. The maximum absolute atomic E-state index is 13.1. The first-order chi connectivity index (χ1) is 15.0. The molecular formula is C20H13F9INO2. The number of halogens is 10. The molecule has 1 aliphatic heterocycles. The van der Waals surface area contributed by atoms with E-state index in [1.807, 2.05) is 0 Å². The standard InChI is InChI=1S/C20H13F9INO2/c1-9-16(14-7-11(18(21,22)23)2-3-15(14)30)33-17(32)31(9)8-10-4-12(19(24,25)26)6-13(5-10)20(27,28)29/h2-7,9,16H,8H2,1H3/t9-,16+/m1/s1. The number of alkyl halides is 9. The molecule has 13 heteroatoms. The zero-order valence-corrected chi connectivity index (χ0v) is 18.5. The second-order valence-electron chi connectivity index (χ2n) is 7.32. The molecule has 2 atom stereocenters. The lowest BCUT2D eigenvalue weighted by Gasteiger charge is -2.23. The van der Waals surface area contributed by atoms with Gasteiger partial charge in [-0.2, -0.15) is 39.5 Å². The summed E-state index contributed by atoms with van der Waals surface area (Å²) in [6.07, 6.45) is -17.1. The normalized spacial score (nSPS) is 19.7. The van der Waals surface area contributed by atoms with E-state index >= 15 is 0 Å². The van der Waals surface area contributed by atoms with Crippen molar-refractivity contribution in [3.05, 3.63) is 67.8 Å². The van der Waals surface area contributed by atoms with Crippen molar-refractivity contribution >= 4 is 28.7 Å². The molecule has 0 unspecified atom stereocenters. The van der Waals surface area contributed by atoms with Crippen LogP contribution >= 0.6 is 22.6 Å². The van der Waals surface area contributed by atoms with Crippen LogP contribution in [0.4, 0.5) is 44.3 Å². The Labute approximate surface area is 194 Å². The van der Waals surface area contributed by atoms with Gasteiger partial charge in [-0.25, -0.2) is 4.79 Å². The molecule has 0 saturated carbocycles. The number of cyclic esters (lactones) is 1. The molecule has 180 valence electrons. The van der Waals surface area contributed by atoms with Gasteiger partial charge in [0.15, 0.2) is 0 Å². The third-order valence-electron chi connectivity index (χ3n) is 5.02. The molecule has 1 amide bonds. The van der Waals surface area contributed by atoms with Crippen LogP contribution in [-0.4, -0.2) is 17.0 Å². The quantitative estimate of drug-likeness (QED) is 0.272. The Morgan fingerprint density at radius 1 is 0.848 bits per heavy atom. The Balaban J connectivity index is 1.95. The smallest absolute Gasteiger partial charge is 0.416 e. The van der Waals surface area contributed by atoms with Crippen LogP contribution in [0.3, 0.4) is 0 Å². The van der Waals surface area contributed by atoms with Crippen molar-refractivity contribution in [3.8, 4) is 0 Å². The van der Waals surface area contributed by atoms with E-state index in [0.717, 1.165) is 17.0 Å². The number of nitrogens with zero attached hydrogens (tertiary/aromatic N) is 1. The van der Waals surface area contributed by atoms with Gasteiger partial charge in [0, 0.05) is 15.7 Å². The number of rotatable bonds is 3. The molecule has 0 radical (unpaired) electrons. The molecule has 3 rings (SSSR count). The largest absolute Gasteiger partial charge is 0.439 e. The number of benzene rings is 2. The van der Waals surface area contributed by atoms with Crippen LogP contribution in [-0.2, 0) is 29.8 Å². The van der Waals surface area contributed by atoms with Gasteiger partial charge < -0.3 is 4.74 Å². The van der Waals surface area contributed by atoms with Gasteiger partial charge in [-0.1, -0.05) is 0 Å². The van der Waals surface area contributed by atoms with Gasteiger partial charge in [0.05, 0.1) is 22.7 Å². The first-order valence-electron chi connectivity index (χ1n) is 9.10. The average molecular weight is 597 g/mol. The molecule has 0 N–H and O–H groups in total. The summed E-state index contributed by atoms with van der Waals surface area (Å²) in [6, 6.07) is 2.76. The third-order valence-corrected chi connectivity index (χ3v) is 6.00. The van der Waals surface area contributed by atoms with Crippen molar-refractivity contribution in [3.63, 3.8) is 0 Å². The first kappa shape index (κ1) is 25.4. The number of carbonyl (C=O) groups excluding carboxylic acids is 1. The lowest BCUT2D eigenvalue weighted by atomic mass is 10.00. The second-order valence-corrected chi connectivity index (χ2v) is 8.48. The van der Waals surface area contributed by atoms with Crippen molar-refractivity contribution < 1.29 is 49.0 Å². The van der Waals surface area contributed by atoms with Gasteiger partial charge in [0.25, 0.3) is 0 Å². The Morgan fingerprint density at radius 3 is 1.85 bits per heavy atom. The minimum Gasteiger partial charge on any atom is -0.439 e. The molecule has 2 aromatic rings. The topological polar surface area (TPSA) is 29.5 Å². The van der Waals surface area contributed by atoms with Crippen LogP contribution in [0, 0.1) is 3.57 Å². The van der Waals surface area contributed by atoms with Crippen LogP contribution in [0.15, 0.2) is 36.4 Å². The van der Waals surface area contributed by atoms with Crippen molar-refractivity contribution in [2.45, 2.75) is 44.1 Å². The summed E-state index contributed by atoms with van der Waals surface area (Å²) < 4.78 is 123. The predicted molar refractivity (Wildman–Crippen MR) is 105 cm³/mol. The molecule has 1 fully saturated rings. The number of ether oxygens (including phenoxy) is 1. The number of hydrogen-bond acceptors (Lipinski definition) is 2. The fourth-order valence-electron chi connectivity index (χ4n) is 3.38. The predicted octanol–water partition coefficient (Wildman–Crippen LogP) is 7.43. The van der Waals surface area contributed by atoms with E-state index in [1.165, 1.54) is 13.0 Å². The van der Waals surface area contributed by atoms with Crippen molar-refractivity contribution in [2.75, 3.05) is 0 Å². The highest BCUT2D eigenvalue weighted by Crippen LogP contribution is 2.40. The van der Waals surface area contributed by atoms with Crippen LogP contribution in [0.5, 0.6) is 0 Å². The zero-order valence-electron chi connectivity index (χ0n) is 16.4. The molecule has 1 aliphatic rings. The van der Waals surface area contributed by atoms with Crippen LogP contribution < -0.4 is 0 Å². The monoisotopic (exact) mass is 597 g/mol. The molecule has 0 aromatic heterocycles. The molecule has 33 heavy (non-hydrogen) atoms. The Kier molecular flexibility index (Phi) is 6.59. The van der Waals surface area contributed by atoms with Gasteiger partial charge in [-0.3, -0.25) is 4.90 Å². The summed E-state index contributed by atoms with van der Waals surface area (Å²) in [7, 11) is 0. The molecule has 1 heterocycles. The molecule has 0 spiro atoms. The fourth-order valence-corrected chi connectivity index (χ4v) is 4.02. The van der Waals surface area contributed by atoms with E-state index in [-0.39, 0.29) is 11.6 Å². The fraction of sp³-hybridized carbons (Fsp3) is 0.350. The van der Waals surface area contributed by atoms with E-state index in [1.54, 1.807) is 22.6 Å². The van der Waals surface area contributed by atoms with Crippen molar-refractivity contribution in [1.82, 2.24) is 4.90 Å². The van der Waals surface area contributed by atoms with Crippen LogP contribution in [0.25, 0.3) is 0 Å². The van der Waals surface area contributed by atoms with Crippen LogP contribution in [0.1, 0.15) is 40.8 Å². The average Bonchev–Trinajstić information content (AvgIpc) is 2.94. The van der Waals surface area contributed by atoms with Gasteiger partial charge in [-0.05, 0) is 71.5 Å². The van der Waals surface area contributed by atoms with E-state index in [2.05, 4.69) is 0 Å². The van der Waals surface area contributed by atoms with E-state index in [9.17, 15) is 44.3 Å². The van der Waals surface area contributed by atoms with Gasteiger partial charge in [0.2, 0.25) is 0 Å². The summed E-state index contributed by atoms with van der Waals surface area (Å²) >= 11 is 1.74. The van der Waals surface area contributed by atoms with E-state index < -0.39 is 65.6 Å². The van der Waals surface area contributed by atoms with Gasteiger partial charge in [-0.15, -0.1) is 0 Å². The zero-order chi connectivity index (χ0) is 24.9. The number of amides is 1. The lowest BCUT2D eigenvalue weighted by Crippen LogP contribution is -2.32. The third kappa shape index (κ3) is 5.49. The summed E-state index contributed by atoms with van der Waals surface area (Å²) in [6.45, 7) is 0.712. The van der Waals surface area contributed by atoms with Crippen molar-refractivity contribution in [1.29, 1.82) is 0 Å². The summed E-state index contributed by atoms with van der Waals surface area (Å²) in [5.41, 5.74) is -4.52. The lowest BCUT2D eigenvalue weighted by molar-refractivity contribution is -0.143. The minimum absolute atomic E-state index is 0.0220. The molecule has 3 nitrogen and oxygen atoms in total. The molecule has 0 aliphatic carbocycles. The maximum Gasteiger partial charge on any atom is 0.416 e. The highest BCUT2D eigenvalue weighted by atomic mass is 127. The maximum atomic E-state index is 13.1. The Hall–Kier alpha value is -2.19. The second kappa shape index (κ2) is 8.55. The number of carbonyl (C=O) groups is 1. The van der Waals surface area contributed by atoms with Gasteiger partial charge in [0.1, 0.15) is 6.10 Å². The van der Waals surface area contributed by atoms with Crippen molar-refractivity contribution in [2.24, 2.45) is 0 Å². The van der Waals surface area contributed by atoms with Gasteiger partial charge >= 0.3 is 24.6 Å². The van der Waals surface area contributed by atoms with E-state index in [4.69, 9.17) is 4.74 Å². The molecular weight excluding hydrogens is 584 g/mol. The Bertz CT molecular complexity index is 1030.